The van der Waals surface area contributed by atoms with Crippen LogP contribution in [0, 0.1) is 12.8 Å². The third kappa shape index (κ3) is 5.30. The van der Waals surface area contributed by atoms with Crippen LogP contribution in [-0.2, 0) is 4.79 Å². The molecule has 0 saturated heterocycles. The molecule has 1 N–H and O–H groups in total. The highest BCUT2D eigenvalue weighted by Gasteiger charge is 2.18. The summed E-state index contributed by atoms with van der Waals surface area (Å²) in [7, 11) is 4.04. The van der Waals surface area contributed by atoms with Gasteiger partial charge in [-0.3, -0.25) is 4.79 Å². The Labute approximate surface area is 114 Å². The highest BCUT2D eigenvalue weighted by Crippen LogP contribution is 2.16. The van der Waals surface area contributed by atoms with E-state index < -0.39 is 11.9 Å². The predicted molar refractivity (Wildman–Crippen MR) is 73.4 cm³/mol. The van der Waals surface area contributed by atoms with E-state index in [0.29, 0.717) is 12.4 Å². The fourth-order valence-corrected chi connectivity index (χ4v) is 1.79. The number of carbonyl (C=O) groups is 1. The minimum Gasteiger partial charge on any atom is -0.481 e. The van der Waals surface area contributed by atoms with Crippen molar-refractivity contribution in [1.29, 1.82) is 0 Å². The van der Waals surface area contributed by atoms with Crippen LogP contribution in [0.1, 0.15) is 19.1 Å². The summed E-state index contributed by atoms with van der Waals surface area (Å²) in [5.74, 6) is 0.217. The molecule has 1 aromatic heterocycles. The molecule has 6 heteroatoms. The van der Waals surface area contributed by atoms with Crippen molar-refractivity contribution in [2.75, 3.05) is 38.6 Å². The molecule has 1 rings (SSSR count). The molecule has 0 aromatic carbocycles. The van der Waals surface area contributed by atoms with Crippen molar-refractivity contribution < 1.29 is 14.4 Å². The van der Waals surface area contributed by atoms with Crippen molar-refractivity contribution in [1.82, 2.24) is 10.1 Å². The second-order valence-corrected chi connectivity index (χ2v) is 5.14. The number of carboxylic acid groups (broad SMARTS) is 1. The molecule has 0 saturated carbocycles. The zero-order valence-corrected chi connectivity index (χ0v) is 12.1. The fraction of sp³-hybridized carbons (Fsp3) is 0.692. The first-order valence-electron chi connectivity index (χ1n) is 6.46. The van der Waals surface area contributed by atoms with E-state index in [9.17, 15) is 4.79 Å². The molecule has 0 bridgehead atoms. The number of hydrogen-bond donors (Lipinski definition) is 1. The summed E-state index contributed by atoms with van der Waals surface area (Å²) in [6.45, 7) is 5.69. The maximum Gasteiger partial charge on any atom is 0.308 e. The molecular formula is C13H23N3O3. The molecule has 108 valence electrons. The van der Waals surface area contributed by atoms with Gasteiger partial charge >= 0.3 is 5.97 Å². The second kappa shape index (κ2) is 7.13. The van der Waals surface area contributed by atoms with E-state index in [2.05, 4.69) is 10.1 Å². The molecule has 6 nitrogen and oxygen atoms in total. The van der Waals surface area contributed by atoms with Crippen molar-refractivity contribution in [3.8, 4) is 0 Å². The number of rotatable bonds is 8. The van der Waals surface area contributed by atoms with Gasteiger partial charge in [-0.05, 0) is 34.0 Å². The first-order valence-corrected chi connectivity index (χ1v) is 6.46. The lowest BCUT2D eigenvalue weighted by Crippen LogP contribution is -2.34. The predicted octanol–water partition coefficient (Wildman–Crippen LogP) is 1.46. The number of carboxylic acids is 1. The molecule has 0 aliphatic carbocycles. The number of hydrogen-bond acceptors (Lipinski definition) is 5. The smallest absolute Gasteiger partial charge is 0.308 e. The van der Waals surface area contributed by atoms with Gasteiger partial charge in [0.25, 0.3) is 0 Å². The summed E-state index contributed by atoms with van der Waals surface area (Å²) in [6.07, 6.45) is 0.950. The van der Waals surface area contributed by atoms with Crippen molar-refractivity contribution in [2.45, 2.75) is 20.3 Å². The summed E-state index contributed by atoms with van der Waals surface area (Å²) < 4.78 is 5.07. The van der Waals surface area contributed by atoms with E-state index in [-0.39, 0.29) is 0 Å². The largest absolute Gasteiger partial charge is 0.481 e. The molecular weight excluding hydrogens is 246 g/mol. The van der Waals surface area contributed by atoms with Crippen LogP contribution in [0.5, 0.6) is 0 Å². The normalized spacial score (nSPS) is 12.7. The van der Waals surface area contributed by atoms with E-state index >= 15 is 0 Å². The minimum atomic E-state index is -0.794. The van der Waals surface area contributed by atoms with Gasteiger partial charge in [0.05, 0.1) is 5.92 Å². The minimum absolute atomic E-state index is 0.434. The summed E-state index contributed by atoms with van der Waals surface area (Å²) in [4.78, 5) is 15.0. The Morgan fingerprint density at radius 1 is 1.47 bits per heavy atom. The summed E-state index contributed by atoms with van der Waals surface area (Å²) in [6, 6.07) is 1.84. The molecule has 1 unspecified atom stereocenters. The van der Waals surface area contributed by atoms with Gasteiger partial charge in [-0.15, -0.1) is 0 Å². The molecule has 19 heavy (non-hydrogen) atoms. The molecule has 0 aliphatic rings. The average molecular weight is 269 g/mol. The number of nitrogens with zero attached hydrogens (tertiary/aromatic N) is 3. The molecule has 1 aromatic rings. The molecule has 1 heterocycles. The van der Waals surface area contributed by atoms with Crippen LogP contribution in [0.2, 0.25) is 0 Å². The number of aliphatic carboxylic acids is 1. The van der Waals surface area contributed by atoms with Gasteiger partial charge in [-0.25, -0.2) is 0 Å². The highest BCUT2D eigenvalue weighted by molar-refractivity contribution is 5.70. The maximum atomic E-state index is 11.0. The Balaban J connectivity index is 2.65. The van der Waals surface area contributed by atoms with E-state index in [4.69, 9.17) is 9.63 Å². The van der Waals surface area contributed by atoms with Crippen LogP contribution < -0.4 is 4.90 Å². The molecule has 0 fully saturated rings. The molecule has 0 amide bonds. The van der Waals surface area contributed by atoms with E-state index in [1.807, 2.05) is 32.0 Å². The Bertz CT molecular complexity index is 404. The topological polar surface area (TPSA) is 69.8 Å². The Hall–Kier alpha value is -1.56. The molecule has 0 aliphatic heterocycles. The monoisotopic (exact) mass is 269 g/mol. The Morgan fingerprint density at radius 3 is 2.63 bits per heavy atom. The average Bonchev–Trinajstić information content (AvgIpc) is 2.73. The molecule has 0 spiro atoms. The molecule has 0 radical (unpaired) electrons. The van der Waals surface area contributed by atoms with E-state index in [1.165, 1.54) is 0 Å². The van der Waals surface area contributed by atoms with E-state index in [0.717, 1.165) is 25.3 Å². The summed E-state index contributed by atoms with van der Waals surface area (Å²) in [5, 5.41) is 13.0. The van der Waals surface area contributed by atoms with Crippen molar-refractivity contribution in [3.05, 3.63) is 11.8 Å². The van der Waals surface area contributed by atoms with Crippen molar-refractivity contribution in [3.63, 3.8) is 0 Å². The van der Waals surface area contributed by atoms with Crippen LogP contribution >= 0.6 is 0 Å². The standard InChI is InChI=1S/C13H23N3O3/c1-10(13(17)18)9-16(7-5-6-15(3)4)12-8-11(2)19-14-12/h8,10H,5-7,9H2,1-4H3,(H,17,18). The quantitative estimate of drug-likeness (QED) is 0.770. The number of aromatic nitrogens is 1. The first kappa shape index (κ1) is 15.5. The van der Waals surface area contributed by atoms with Gasteiger partial charge in [0.15, 0.2) is 5.82 Å². The van der Waals surface area contributed by atoms with Crippen LogP contribution in [0.25, 0.3) is 0 Å². The lowest BCUT2D eigenvalue weighted by atomic mass is 10.1. The number of aryl methyl sites for hydroxylation is 1. The molecule has 1 atom stereocenters. The third-order valence-corrected chi connectivity index (χ3v) is 2.89. The SMILES string of the molecule is Cc1cc(N(CCCN(C)C)CC(C)C(=O)O)no1. The zero-order valence-electron chi connectivity index (χ0n) is 12.1. The number of anilines is 1. The van der Waals surface area contributed by atoms with Crippen LogP contribution in [0.15, 0.2) is 10.6 Å². The summed E-state index contributed by atoms with van der Waals surface area (Å²) >= 11 is 0. The van der Waals surface area contributed by atoms with Crippen molar-refractivity contribution in [2.24, 2.45) is 5.92 Å². The van der Waals surface area contributed by atoms with Gasteiger partial charge < -0.3 is 19.4 Å². The lowest BCUT2D eigenvalue weighted by Gasteiger charge is -2.24. The zero-order chi connectivity index (χ0) is 14.4. The van der Waals surface area contributed by atoms with E-state index in [1.54, 1.807) is 6.92 Å². The lowest BCUT2D eigenvalue weighted by molar-refractivity contribution is -0.140. The van der Waals surface area contributed by atoms with Crippen molar-refractivity contribution >= 4 is 11.8 Å². The van der Waals surface area contributed by atoms with Gasteiger partial charge in [-0.2, -0.15) is 0 Å². The highest BCUT2D eigenvalue weighted by atomic mass is 16.5. The Kier molecular flexibility index (Phi) is 5.82. The Morgan fingerprint density at radius 2 is 2.16 bits per heavy atom. The van der Waals surface area contributed by atoms with Gasteiger partial charge in [0.1, 0.15) is 5.76 Å². The second-order valence-electron chi connectivity index (χ2n) is 5.14. The van der Waals surface area contributed by atoms with Crippen LogP contribution in [0.3, 0.4) is 0 Å². The first-order chi connectivity index (χ1) is 8.90. The fourth-order valence-electron chi connectivity index (χ4n) is 1.79. The van der Waals surface area contributed by atoms with Gasteiger partial charge in [-0.1, -0.05) is 12.1 Å². The van der Waals surface area contributed by atoms with Crippen LogP contribution in [-0.4, -0.2) is 54.9 Å². The van der Waals surface area contributed by atoms with Crippen LogP contribution in [0.4, 0.5) is 5.82 Å². The third-order valence-electron chi connectivity index (χ3n) is 2.89. The summed E-state index contributed by atoms with van der Waals surface area (Å²) in [5.41, 5.74) is 0. The van der Waals surface area contributed by atoms with Gasteiger partial charge in [0.2, 0.25) is 0 Å². The van der Waals surface area contributed by atoms with Gasteiger partial charge in [0, 0.05) is 19.2 Å². The maximum absolute atomic E-state index is 11.0.